The van der Waals surface area contributed by atoms with Crippen molar-refractivity contribution >= 4 is 28.3 Å². The number of carbonyl (C=O) groups is 1. The number of anilines is 2. The molecule has 0 fully saturated rings. The van der Waals surface area contributed by atoms with Gasteiger partial charge < -0.3 is 19.9 Å². The van der Waals surface area contributed by atoms with Crippen LogP contribution in [-0.2, 0) is 22.1 Å². The highest BCUT2D eigenvalue weighted by Crippen LogP contribution is 2.30. The summed E-state index contributed by atoms with van der Waals surface area (Å²) in [5.41, 5.74) is 10.6. The smallest absolute Gasteiger partial charge is 0.340 e. The van der Waals surface area contributed by atoms with Crippen LogP contribution < -0.4 is 15.2 Å². The molecule has 0 radical (unpaired) electrons. The molecule has 0 bridgehead atoms. The molecule has 0 saturated heterocycles. The van der Waals surface area contributed by atoms with Crippen LogP contribution in [-0.4, -0.2) is 17.3 Å². The van der Waals surface area contributed by atoms with Gasteiger partial charge in [-0.1, -0.05) is 48.0 Å². The molecule has 0 spiro atoms. The van der Waals surface area contributed by atoms with E-state index in [9.17, 15) is 9.00 Å². The van der Waals surface area contributed by atoms with Gasteiger partial charge in [0.05, 0.1) is 23.3 Å². The molecule has 7 heteroatoms. The van der Waals surface area contributed by atoms with Crippen molar-refractivity contribution < 1.29 is 18.5 Å². The summed E-state index contributed by atoms with van der Waals surface area (Å²) >= 11 is 0. The lowest BCUT2D eigenvalue weighted by Gasteiger charge is -2.14. The number of hydrogen-bond donors (Lipinski definition) is 2. The Balaban J connectivity index is 1.57. The summed E-state index contributed by atoms with van der Waals surface area (Å²) < 4.78 is 26.7. The molecule has 3 N–H and O–H groups in total. The Hall–Kier alpha value is -4.10. The number of carbonyl (C=O) groups excluding carboxylic acids is 1. The van der Waals surface area contributed by atoms with Gasteiger partial charge in [0.2, 0.25) is 0 Å². The van der Waals surface area contributed by atoms with Gasteiger partial charge in [-0.3, -0.25) is 0 Å². The lowest BCUT2D eigenvalue weighted by molar-refractivity contribution is 0.0601. The number of nitrogen functional groups attached to an aromatic ring is 1. The summed E-state index contributed by atoms with van der Waals surface area (Å²) in [6.45, 7) is 1.96. The molecular weight excluding hydrogens is 460 g/mol. The second-order valence-corrected chi connectivity index (χ2v) is 9.22. The Morgan fingerprint density at radius 1 is 0.914 bits per heavy atom. The Morgan fingerprint density at radius 2 is 1.60 bits per heavy atom. The van der Waals surface area contributed by atoms with Crippen LogP contribution in [0.2, 0.25) is 0 Å². The van der Waals surface area contributed by atoms with E-state index in [2.05, 4.69) is 4.72 Å². The number of hydrogen-bond acceptors (Lipinski definition) is 5. The van der Waals surface area contributed by atoms with Crippen LogP contribution in [0.15, 0.2) is 95.9 Å². The number of esters is 1. The van der Waals surface area contributed by atoms with E-state index in [4.69, 9.17) is 15.2 Å². The summed E-state index contributed by atoms with van der Waals surface area (Å²) in [5, 5.41) is 0. The fourth-order valence-electron chi connectivity index (χ4n) is 3.53. The SMILES string of the molecule is COC(=O)c1cc(Oc2ccc(N)c(Cc3ccccc3)c2)ccc1NS(=O)c1ccc(C)cc1. The molecule has 1 unspecified atom stereocenters. The molecule has 0 aromatic heterocycles. The normalized spacial score (nSPS) is 11.5. The van der Waals surface area contributed by atoms with Crippen molar-refractivity contribution in [2.45, 2.75) is 18.2 Å². The predicted octanol–water partition coefficient (Wildman–Crippen LogP) is 5.88. The zero-order valence-electron chi connectivity index (χ0n) is 19.5. The third kappa shape index (κ3) is 6.07. The monoisotopic (exact) mass is 486 g/mol. The molecule has 0 saturated carbocycles. The number of methoxy groups -OCH3 is 1. The molecule has 6 nitrogen and oxygen atoms in total. The van der Waals surface area contributed by atoms with Crippen molar-refractivity contribution in [3.8, 4) is 11.5 Å². The zero-order chi connectivity index (χ0) is 24.8. The Kier molecular flexibility index (Phi) is 7.48. The Bertz CT molecular complexity index is 1360. The van der Waals surface area contributed by atoms with Gasteiger partial charge in [0, 0.05) is 5.69 Å². The summed E-state index contributed by atoms with van der Waals surface area (Å²) in [7, 11) is -0.256. The fourth-order valence-corrected chi connectivity index (χ4v) is 4.40. The topological polar surface area (TPSA) is 90.7 Å². The summed E-state index contributed by atoms with van der Waals surface area (Å²) in [4.78, 5) is 13.1. The second kappa shape index (κ2) is 10.9. The van der Waals surface area contributed by atoms with Crippen LogP contribution >= 0.6 is 0 Å². The highest BCUT2D eigenvalue weighted by Gasteiger charge is 2.16. The van der Waals surface area contributed by atoms with Gasteiger partial charge in [-0.2, -0.15) is 0 Å². The summed E-state index contributed by atoms with van der Waals surface area (Å²) in [6.07, 6.45) is 0.672. The first-order valence-corrected chi connectivity index (χ1v) is 12.2. The predicted molar refractivity (Wildman–Crippen MR) is 139 cm³/mol. The quantitative estimate of drug-likeness (QED) is 0.240. The van der Waals surface area contributed by atoms with Crippen molar-refractivity contribution in [2.75, 3.05) is 17.6 Å². The van der Waals surface area contributed by atoms with Gasteiger partial charge in [0.15, 0.2) is 0 Å². The van der Waals surface area contributed by atoms with Gasteiger partial charge in [-0.05, 0) is 73.0 Å². The number of ether oxygens (including phenoxy) is 2. The average molecular weight is 487 g/mol. The van der Waals surface area contributed by atoms with Crippen LogP contribution in [0.5, 0.6) is 11.5 Å². The lowest BCUT2D eigenvalue weighted by atomic mass is 10.0. The van der Waals surface area contributed by atoms with Gasteiger partial charge in [0.25, 0.3) is 0 Å². The second-order valence-electron chi connectivity index (χ2n) is 8.01. The molecule has 0 aliphatic carbocycles. The summed E-state index contributed by atoms with van der Waals surface area (Å²) in [6, 6.07) is 27.7. The average Bonchev–Trinajstić information content (AvgIpc) is 2.87. The van der Waals surface area contributed by atoms with Gasteiger partial charge in [-0.25, -0.2) is 9.00 Å². The molecule has 4 aromatic carbocycles. The standard InChI is InChI=1S/C28H26N2O4S/c1-19-8-12-24(13-9-19)35(32)30-27-15-11-23(18-25(27)28(31)33-2)34-22-10-14-26(29)21(17-22)16-20-6-4-3-5-7-20/h3-15,17-18,30H,16,29H2,1-2H3. The van der Waals surface area contributed by atoms with Crippen molar-refractivity contribution in [3.63, 3.8) is 0 Å². The number of nitrogens with one attached hydrogen (secondary N) is 1. The molecule has 0 heterocycles. The first-order valence-electron chi connectivity index (χ1n) is 11.0. The Morgan fingerprint density at radius 3 is 2.31 bits per heavy atom. The molecule has 35 heavy (non-hydrogen) atoms. The van der Waals surface area contributed by atoms with E-state index in [0.29, 0.717) is 34.2 Å². The molecule has 0 amide bonds. The van der Waals surface area contributed by atoms with E-state index in [1.165, 1.54) is 7.11 Å². The van der Waals surface area contributed by atoms with Gasteiger partial charge in [0.1, 0.15) is 22.5 Å². The minimum Gasteiger partial charge on any atom is -0.465 e. The van der Waals surface area contributed by atoms with E-state index in [1.807, 2.05) is 55.5 Å². The third-order valence-corrected chi connectivity index (χ3v) is 6.53. The molecule has 4 aromatic rings. The molecule has 1 atom stereocenters. The van der Waals surface area contributed by atoms with Gasteiger partial charge >= 0.3 is 5.97 Å². The molecular formula is C28H26N2O4S. The van der Waals surface area contributed by atoms with Crippen molar-refractivity contribution in [2.24, 2.45) is 0 Å². The number of benzene rings is 4. The molecule has 178 valence electrons. The molecule has 4 rings (SSSR count). The van der Waals surface area contributed by atoms with Crippen molar-refractivity contribution in [1.82, 2.24) is 0 Å². The maximum Gasteiger partial charge on any atom is 0.340 e. The number of aryl methyl sites for hydroxylation is 1. The largest absolute Gasteiger partial charge is 0.465 e. The zero-order valence-corrected chi connectivity index (χ0v) is 20.3. The highest BCUT2D eigenvalue weighted by atomic mass is 32.2. The van der Waals surface area contributed by atoms with Gasteiger partial charge in [-0.15, -0.1) is 0 Å². The lowest BCUT2D eigenvalue weighted by Crippen LogP contribution is -2.11. The Labute approximate surface area is 207 Å². The molecule has 0 aliphatic heterocycles. The van der Waals surface area contributed by atoms with E-state index in [-0.39, 0.29) is 5.56 Å². The van der Waals surface area contributed by atoms with Crippen LogP contribution in [0.1, 0.15) is 27.0 Å². The number of rotatable bonds is 8. The van der Waals surface area contributed by atoms with E-state index in [0.717, 1.165) is 16.7 Å². The first kappa shape index (κ1) is 24.0. The maximum atomic E-state index is 12.8. The highest BCUT2D eigenvalue weighted by molar-refractivity contribution is 7.86. The third-order valence-electron chi connectivity index (χ3n) is 5.42. The van der Waals surface area contributed by atoms with Crippen LogP contribution in [0, 0.1) is 6.92 Å². The number of nitrogens with two attached hydrogens (primary N) is 1. The summed E-state index contributed by atoms with van der Waals surface area (Å²) in [5.74, 6) is 0.457. The fraction of sp³-hybridized carbons (Fsp3) is 0.107. The van der Waals surface area contributed by atoms with Crippen LogP contribution in [0.3, 0.4) is 0 Å². The minimum absolute atomic E-state index is 0.213. The minimum atomic E-state index is -1.55. The first-order chi connectivity index (χ1) is 16.9. The molecule has 0 aliphatic rings. The van der Waals surface area contributed by atoms with Crippen LogP contribution in [0.4, 0.5) is 11.4 Å². The van der Waals surface area contributed by atoms with E-state index < -0.39 is 17.0 Å². The maximum absolute atomic E-state index is 12.8. The van der Waals surface area contributed by atoms with Crippen molar-refractivity contribution in [1.29, 1.82) is 0 Å². The van der Waals surface area contributed by atoms with Crippen LogP contribution in [0.25, 0.3) is 0 Å². The van der Waals surface area contributed by atoms with Crippen molar-refractivity contribution in [3.05, 3.63) is 113 Å². The van der Waals surface area contributed by atoms with E-state index in [1.54, 1.807) is 42.5 Å². The van der Waals surface area contributed by atoms with E-state index >= 15 is 0 Å².